The van der Waals surface area contributed by atoms with Gasteiger partial charge in [0.25, 0.3) is 0 Å². The number of hydrogen-bond donors (Lipinski definition) is 5. The van der Waals surface area contributed by atoms with Gasteiger partial charge in [0, 0.05) is 5.88 Å². The van der Waals surface area contributed by atoms with Gasteiger partial charge >= 0.3 is 6.03 Å². The highest BCUT2D eigenvalue weighted by molar-refractivity contribution is 6.18. The SMILES string of the molecule is O=NN(CCCl)C(=O)N[C@H]1[C@@H](O)[C@@H](O)O[C@H](CO)[C@H]1O. The lowest BCUT2D eigenvalue weighted by Crippen LogP contribution is -2.65. The molecule has 0 saturated carbocycles. The number of hydrogen-bond acceptors (Lipinski definition) is 8. The Morgan fingerprint density at radius 3 is 2.50 bits per heavy atom. The molecule has 1 heterocycles. The second kappa shape index (κ2) is 7.67. The number of urea groups is 1. The van der Waals surface area contributed by atoms with Crippen molar-refractivity contribution in [1.29, 1.82) is 0 Å². The number of halogens is 1. The summed E-state index contributed by atoms with van der Waals surface area (Å²) >= 11 is 5.38. The normalized spacial score (nSPS) is 33.5. The predicted octanol–water partition coefficient (Wildman–Crippen LogP) is -2.28. The highest BCUT2D eigenvalue weighted by Crippen LogP contribution is 2.20. The first-order valence-corrected chi connectivity index (χ1v) is 6.27. The molecule has 0 spiro atoms. The van der Waals surface area contributed by atoms with Crippen LogP contribution in [0.3, 0.4) is 0 Å². The lowest BCUT2D eigenvalue weighted by Gasteiger charge is -2.40. The first-order chi connectivity index (χ1) is 9.46. The van der Waals surface area contributed by atoms with Crippen molar-refractivity contribution >= 4 is 17.6 Å². The number of nitrogens with zero attached hydrogens (tertiary/aromatic N) is 2. The van der Waals surface area contributed by atoms with Crippen molar-refractivity contribution in [1.82, 2.24) is 10.3 Å². The van der Waals surface area contributed by atoms with E-state index in [9.17, 15) is 25.0 Å². The number of aliphatic hydroxyl groups is 4. The van der Waals surface area contributed by atoms with Crippen LogP contribution >= 0.6 is 11.6 Å². The van der Waals surface area contributed by atoms with E-state index in [4.69, 9.17) is 21.4 Å². The largest absolute Gasteiger partial charge is 0.394 e. The summed E-state index contributed by atoms with van der Waals surface area (Å²) in [7, 11) is 0. The van der Waals surface area contributed by atoms with E-state index in [1.165, 1.54) is 0 Å². The van der Waals surface area contributed by atoms with Gasteiger partial charge in [-0.05, 0) is 0 Å². The zero-order valence-corrected chi connectivity index (χ0v) is 11.0. The smallest absolute Gasteiger partial charge is 0.340 e. The monoisotopic (exact) mass is 313 g/mol. The molecule has 0 aromatic rings. The molecule has 0 unspecified atom stereocenters. The zero-order chi connectivity index (χ0) is 15.3. The Morgan fingerprint density at radius 1 is 1.35 bits per heavy atom. The highest BCUT2D eigenvalue weighted by atomic mass is 35.5. The van der Waals surface area contributed by atoms with Crippen LogP contribution in [-0.4, -0.2) is 81.1 Å². The molecule has 0 aromatic carbocycles. The van der Waals surface area contributed by atoms with E-state index in [1.807, 2.05) is 0 Å². The fraction of sp³-hybridized carbons (Fsp3) is 0.889. The van der Waals surface area contributed by atoms with Crippen molar-refractivity contribution in [2.45, 2.75) is 30.6 Å². The minimum atomic E-state index is -1.70. The molecule has 5 N–H and O–H groups in total. The van der Waals surface area contributed by atoms with Crippen molar-refractivity contribution < 1.29 is 30.0 Å². The van der Waals surface area contributed by atoms with Crippen molar-refractivity contribution in [2.24, 2.45) is 5.29 Å². The van der Waals surface area contributed by atoms with Gasteiger partial charge in [-0.1, -0.05) is 0 Å². The summed E-state index contributed by atoms with van der Waals surface area (Å²) in [6, 6.07) is -2.35. The van der Waals surface area contributed by atoms with Gasteiger partial charge in [0.1, 0.15) is 18.3 Å². The van der Waals surface area contributed by atoms with Crippen LogP contribution in [0.1, 0.15) is 0 Å². The molecule has 5 atom stereocenters. The topological polar surface area (TPSA) is 152 Å². The molecule has 116 valence electrons. The summed E-state index contributed by atoms with van der Waals surface area (Å²) in [4.78, 5) is 22.1. The molecule has 0 aromatic heterocycles. The third-order valence-electron chi connectivity index (χ3n) is 2.82. The number of carbonyl (C=O) groups excluding carboxylic acids is 1. The maximum Gasteiger partial charge on any atom is 0.340 e. The summed E-state index contributed by atoms with van der Waals surface area (Å²) in [6.07, 6.45) is -6.01. The number of aliphatic hydroxyl groups excluding tert-OH is 4. The van der Waals surface area contributed by atoms with Gasteiger partial charge in [-0.2, -0.15) is 5.01 Å². The maximum atomic E-state index is 11.7. The van der Waals surface area contributed by atoms with Crippen molar-refractivity contribution in [3.63, 3.8) is 0 Å². The van der Waals surface area contributed by atoms with Crippen LogP contribution in [0.5, 0.6) is 0 Å². The summed E-state index contributed by atoms with van der Waals surface area (Å²) in [6.45, 7) is -0.799. The molecule has 1 fully saturated rings. The lowest BCUT2D eigenvalue weighted by molar-refractivity contribution is -0.261. The Kier molecular flexibility index (Phi) is 6.52. The van der Waals surface area contributed by atoms with E-state index in [2.05, 4.69) is 10.6 Å². The maximum absolute atomic E-state index is 11.7. The molecule has 1 saturated heterocycles. The molecule has 2 amide bonds. The van der Waals surface area contributed by atoms with E-state index < -0.39 is 43.3 Å². The second-order valence-corrected chi connectivity index (χ2v) is 4.48. The fourth-order valence-electron chi connectivity index (χ4n) is 1.75. The van der Waals surface area contributed by atoms with Crippen molar-refractivity contribution in [3.05, 3.63) is 4.91 Å². The first kappa shape index (κ1) is 17.0. The molecule has 20 heavy (non-hydrogen) atoms. The minimum absolute atomic E-state index is 0.0417. The Morgan fingerprint density at radius 2 is 2.00 bits per heavy atom. The average Bonchev–Trinajstić information content (AvgIpc) is 2.44. The summed E-state index contributed by atoms with van der Waals surface area (Å²) < 4.78 is 4.74. The Balaban J connectivity index is 2.76. The summed E-state index contributed by atoms with van der Waals surface area (Å²) in [5.41, 5.74) is 0. The van der Waals surface area contributed by atoms with E-state index in [0.29, 0.717) is 5.01 Å². The van der Waals surface area contributed by atoms with Crippen molar-refractivity contribution in [3.8, 4) is 0 Å². The molecule has 1 aliphatic rings. The molecule has 1 rings (SSSR count). The van der Waals surface area contributed by atoms with Crippen LogP contribution in [0.15, 0.2) is 5.29 Å². The molecule has 1 aliphatic heterocycles. The Bertz CT molecular complexity index is 348. The Labute approximate surface area is 118 Å². The van der Waals surface area contributed by atoms with Gasteiger partial charge in [-0.25, -0.2) is 4.79 Å². The number of amides is 2. The fourth-order valence-corrected chi connectivity index (χ4v) is 1.91. The molecule has 11 heteroatoms. The number of carbonyl (C=O) groups is 1. The first-order valence-electron chi connectivity index (χ1n) is 5.74. The molecular formula is C9H16ClN3O7. The number of ether oxygens (including phenoxy) is 1. The molecule has 0 radical (unpaired) electrons. The third-order valence-corrected chi connectivity index (χ3v) is 2.99. The predicted molar refractivity (Wildman–Crippen MR) is 65.5 cm³/mol. The molecule has 0 bridgehead atoms. The van der Waals surface area contributed by atoms with E-state index in [-0.39, 0.29) is 12.4 Å². The molecular weight excluding hydrogens is 298 g/mol. The van der Waals surface area contributed by atoms with Crippen LogP contribution < -0.4 is 5.32 Å². The highest BCUT2D eigenvalue weighted by Gasteiger charge is 2.44. The standard InChI is InChI=1S/C9H16ClN3O7/c10-1-2-13(12-19)9(18)11-5-6(15)4(3-14)20-8(17)7(5)16/h4-8,14-17H,1-3H2,(H,11,18)/t4-,5-,6-,7-,8+/m1/s1. The third kappa shape index (κ3) is 3.75. The summed E-state index contributed by atoms with van der Waals surface area (Å²) in [5.74, 6) is -0.0417. The van der Waals surface area contributed by atoms with Crippen molar-refractivity contribution in [2.75, 3.05) is 19.0 Å². The van der Waals surface area contributed by atoms with Gasteiger partial charge in [-0.15, -0.1) is 16.5 Å². The molecule has 10 nitrogen and oxygen atoms in total. The van der Waals surface area contributed by atoms with Crippen LogP contribution in [0.4, 0.5) is 4.79 Å². The Hall–Kier alpha value is -1.04. The van der Waals surface area contributed by atoms with E-state index in [0.717, 1.165) is 0 Å². The number of alkyl halides is 1. The van der Waals surface area contributed by atoms with Gasteiger partial charge in [0.15, 0.2) is 6.29 Å². The van der Waals surface area contributed by atoms with E-state index >= 15 is 0 Å². The zero-order valence-electron chi connectivity index (χ0n) is 10.3. The minimum Gasteiger partial charge on any atom is -0.394 e. The second-order valence-electron chi connectivity index (χ2n) is 4.10. The number of nitroso groups, excluding NO2 is 1. The van der Waals surface area contributed by atoms with Gasteiger partial charge < -0.3 is 30.5 Å². The summed E-state index contributed by atoms with van der Waals surface area (Å²) in [5, 5.41) is 42.9. The van der Waals surface area contributed by atoms with Crippen LogP contribution in [0.25, 0.3) is 0 Å². The quantitative estimate of drug-likeness (QED) is 0.218. The lowest BCUT2D eigenvalue weighted by atomic mass is 9.96. The van der Waals surface area contributed by atoms with Gasteiger partial charge in [-0.3, -0.25) is 0 Å². The number of nitrogens with one attached hydrogen (secondary N) is 1. The van der Waals surface area contributed by atoms with Gasteiger partial charge in [0.2, 0.25) is 0 Å². The van der Waals surface area contributed by atoms with Gasteiger partial charge in [0.05, 0.1) is 24.5 Å². The number of rotatable bonds is 5. The average molecular weight is 314 g/mol. The van der Waals surface area contributed by atoms with Crippen LogP contribution in [0.2, 0.25) is 0 Å². The van der Waals surface area contributed by atoms with E-state index in [1.54, 1.807) is 0 Å². The molecule has 0 aliphatic carbocycles. The van der Waals surface area contributed by atoms with Crippen LogP contribution in [0, 0.1) is 4.91 Å². The van der Waals surface area contributed by atoms with Crippen LogP contribution in [-0.2, 0) is 4.74 Å².